The molecule has 0 saturated heterocycles. The van der Waals surface area contributed by atoms with Crippen molar-refractivity contribution >= 4 is 53.3 Å². The lowest BCUT2D eigenvalue weighted by Gasteiger charge is -2.35. The number of hydrogen-bond acceptors (Lipinski definition) is 1. The molecule has 2 aliphatic carbocycles. The second-order valence-corrected chi connectivity index (χ2v) is 19.1. The summed E-state index contributed by atoms with van der Waals surface area (Å²) in [6, 6.07) is 73.3. The Labute approximate surface area is 366 Å². The highest BCUT2D eigenvalue weighted by molar-refractivity contribution is 7.26. The van der Waals surface area contributed by atoms with Crippen LogP contribution in [0.25, 0.3) is 92.2 Å². The van der Waals surface area contributed by atoms with Crippen LogP contribution in [0.1, 0.15) is 60.4 Å². The number of fused-ring (bicyclic) bond motifs is 12. The Morgan fingerprint density at radius 3 is 2.00 bits per heavy atom. The van der Waals surface area contributed by atoms with Crippen molar-refractivity contribution in [3.8, 4) is 50.2 Å². The molecule has 294 valence electrons. The number of aromatic nitrogens is 1. The third kappa shape index (κ3) is 5.02. The topological polar surface area (TPSA) is 4.93 Å². The first-order valence-electron chi connectivity index (χ1n) is 22.0. The molecule has 0 saturated carbocycles. The molecule has 0 radical (unpaired) electrons. The molecule has 2 heterocycles. The quantitative estimate of drug-likeness (QED) is 0.167. The lowest BCUT2D eigenvalue weighted by molar-refractivity contribution is 0.650. The van der Waals surface area contributed by atoms with Crippen molar-refractivity contribution in [3.63, 3.8) is 0 Å². The van der Waals surface area contributed by atoms with Crippen LogP contribution in [0.4, 0.5) is 0 Å². The SMILES string of the molecule is CC1c2cc(-c3ccc4c5ccccc5n(-c5ccccc5)c4c3)ccc2-c2ccccc2C1c1cc(-c2cccc3c2-c2ccccc2C3(C)C)c2sc3ccccc3c2c1. The summed E-state index contributed by atoms with van der Waals surface area (Å²) in [7, 11) is 0. The van der Waals surface area contributed by atoms with E-state index in [0.717, 1.165) is 0 Å². The maximum Gasteiger partial charge on any atom is 0.0547 e. The van der Waals surface area contributed by atoms with Gasteiger partial charge in [0.15, 0.2) is 0 Å². The minimum absolute atomic E-state index is 0.0697. The highest BCUT2D eigenvalue weighted by Gasteiger charge is 2.38. The highest BCUT2D eigenvalue weighted by atomic mass is 32.1. The Hall–Kier alpha value is -7.00. The summed E-state index contributed by atoms with van der Waals surface area (Å²) >= 11 is 1.94. The molecule has 0 spiro atoms. The molecule has 1 nitrogen and oxygen atoms in total. The molecule has 2 unspecified atom stereocenters. The second kappa shape index (κ2) is 13.2. The Morgan fingerprint density at radius 1 is 0.452 bits per heavy atom. The van der Waals surface area contributed by atoms with Crippen LogP contribution < -0.4 is 0 Å². The van der Waals surface area contributed by atoms with E-state index in [4.69, 9.17) is 0 Å². The molecule has 0 fully saturated rings. The number of hydrogen-bond donors (Lipinski definition) is 0. The zero-order chi connectivity index (χ0) is 41.3. The fourth-order valence-electron chi connectivity index (χ4n) is 11.5. The van der Waals surface area contributed by atoms with Gasteiger partial charge in [0.25, 0.3) is 0 Å². The average Bonchev–Trinajstić information content (AvgIpc) is 3.94. The van der Waals surface area contributed by atoms with Crippen LogP contribution in [0.15, 0.2) is 194 Å². The molecule has 11 aromatic rings. The van der Waals surface area contributed by atoms with Crippen LogP contribution in [0.2, 0.25) is 0 Å². The van der Waals surface area contributed by atoms with Crippen molar-refractivity contribution in [2.75, 3.05) is 0 Å². The number of nitrogens with zero attached hydrogens (tertiary/aromatic N) is 1. The van der Waals surface area contributed by atoms with Gasteiger partial charge < -0.3 is 4.57 Å². The van der Waals surface area contributed by atoms with E-state index < -0.39 is 0 Å². The lowest BCUT2D eigenvalue weighted by Crippen LogP contribution is -2.17. The van der Waals surface area contributed by atoms with Crippen molar-refractivity contribution in [1.29, 1.82) is 0 Å². The predicted molar refractivity (Wildman–Crippen MR) is 264 cm³/mol. The normalized spacial score (nSPS) is 16.1. The van der Waals surface area contributed by atoms with Gasteiger partial charge in [0, 0.05) is 53.5 Å². The maximum atomic E-state index is 2.57. The van der Waals surface area contributed by atoms with Crippen LogP contribution in [0, 0.1) is 0 Å². The van der Waals surface area contributed by atoms with Gasteiger partial charge in [-0.3, -0.25) is 0 Å². The van der Waals surface area contributed by atoms with Gasteiger partial charge in [-0.15, -0.1) is 11.3 Å². The molecular formula is C60H43NS. The van der Waals surface area contributed by atoms with Crippen molar-refractivity contribution < 1.29 is 0 Å². The van der Waals surface area contributed by atoms with Crippen molar-refractivity contribution in [2.45, 2.75) is 38.0 Å². The molecule has 62 heavy (non-hydrogen) atoms. The van der Waals surface area contributed by atoms with E-state index in [-0.39, 0.29) is 17.3 Å². The molecule has 0 bridgehead atoms. The molecule has 13 rings (SSSR count). The monoisotopic (exact) mass is 809 g/mol. The average molecular weight is 810 g/mol. The van der Waals surface area contributed by atoms with Crippen LogP contribution in [0.5, 0.6) is 0 Å². The zero-order valence-corrected chi connectivity index (χ0v) is 35.8. The molecule has 9 aromatic carbocycles. The van der Waals surface area contributed by atoms with Gasteiger partial charge >= 0.3 is 0 Å². The first-order valence-corrected chi connectivity index (χ1v) is 22.8. The summed E-state index contributed by atoms with van der Waals surface area (Å²) in [5.41, 5.74) is 21.2. The predicted octanol–water partition coefficient (Wildman–Crippen LogP) is 16.7. The van der Waals surface area contributed by atoms with Crippen LogP contribution in [0.3, 0.4) is 0 Å². The highest BCUT2D eigenvalue weighted by Crippen LogP contribution is 2.56. The first-order chi connectivity index (χ1) is 30.4. The van der Waals surface area contributed by atoms with E-state index in [1.54, 1.807) is 0 Å². The summed E-state index contributed by atoms with van der Waals surface area (Å²) in [5.74, 6) is 0.398. The fraction of sp³-hybridized carbons (Fsp3) is 0.100. The van der Waals surface area contributed by atoms with Crippen molar-refractivity contribution in [1.82, 2.24) is 4.57 Å². The Kier molecular flexibility index (Phi) is 7.63. The fourth-order valence-corrected chi connectivity index (χ4v) is 12.7. The molecule has 0 aliphatic heterocycles. The van der Waals surface area contributed by atoms with Crippen molar-refractivity contribution in [2.24, 2.45) is 0 Å². The van der Waals surface area contributed by atoms with E-state index in [1.165, 1.54) is 120 Å². The van der Waals surface area contributed by atoms with Gasteiger partial charge in [0.05, 0.1) is 11.0 Å². The first kappa shape index (κ1) is 35.7. The minimum atomic E-state index is -0.0697. The lowest BCUT2D eigenvalue weighted by atomic mass is 9.69. The van der Waals surface area contributed by atoms with E-state index in [1.807, 2.05) is 11.3 Å². The summed E-state index contributed by atoms with van der Waals surface area (Å²) in [6.07, 6.45) is 0. The van der Waals surface area contributed by atoms with E-state index in [9.17, 15) is 0 Å². The van der Waals surface area contributed by atoms with Gasteiger partial charge in [-0.1, -0.05) is 172 Å². The van der Waals surface area contributed by atoms with Crippen LogP contribution in [-0.2, 0) is 5.41 Å². The minimum Gasteiger partial charge on any atom is -0.309 e. The molecule has 2 aromatic heterocycles. The molecule has 0 amide bonds. The molecule has 2 aliphatic rings. The number of benzene rings is 9. The molecule has 0 N–H and O–H groups in total. The maximum absolute atomic E-state index is 2.57. The number of thiophene rings is 1. The van der Waals surface area contributed by atoms with Gasteiger partial charge in [-0.2, -0.15) is 0 Å². The second-order valence-electron chi connectivity index (χ2n) is 18.0. The molecule has 2 atom stereocenters. The standard InChI is InChI=1S/C60H43NS/c1-36-49-32-37(38-29-31-44-43-19-10-13-26-54(43)61(55(44)35-38)40-16-5-4-6-17-40)28-30-42(49)41-18-7-8-21-46(41)57(36)39-33-50-45-20-11-14-27-56(45)62-59(50)51(34-39)47-23-15-25-53-58(47)48-22-9-12-24-52(48)60(53,2)3/h4-36,57H,1-3H3. The smallest absolute Gasteiger partial charge is 0.0547 e. The van der Waals surface area contributed by atoms with Gasteiger partial charge in [0.1, 0.15) is 0 Å². The molecule has 2 heteroatoms. The third-order valence-corrected chi connectivity index (χ3v) is 15.6. The summed E-state index contributed by atoms with van der Waals surface area (Å²) < 4.78 is 5.13. The van der Waals surface area contributed by atoms with Gasteiger partial charge in [-0.25, -0.2) is 0 Å². The summed E-state index contributed by atoms with van der Waals surface area (Å²) in [6.45, 7) is 7.24. The van der Waals surface area contributed by atoms with Crippen LogP contribution in [-0.4, -0.2) is 4.57 Å². The Bertz CT molecular complexity index is 3640. The summed E-state index contributed by atoms with van der Waals surface area (Å²) in [5, 5.41) is 5.25. The van der Waals surface area contributed by atoms with E-state index >= 15 is 0 Å². The Balaban J connectivity index is 1.01. The van der Waals surface area contributed by atoms with Gasteiger partial charge in [-0.05, 0) is 115 Å². The van der Waals surface area contributed by atoms with E-state index in [2.05, 4.69) is 219 Å². The summed E-state index contributed by atoms with van der Waals surface area (Å²) in [4.78, 5) is 0. The van der Waals surface area contributed by atoms with Gasteiger partial charge in [0.2, 0.25) is 0 Å². The number of rotatable bonds is 4. The third-order valence-electron chi connectivity index (χ3n) is 14.4. The van der Waals surface area contributed by atoms with Crippen LogP contribution >= 0.6 is 11.3 Å². The Morgan fingerprint density at radius 2 is 1.11 bits per heavy atom. The molecular weight excluding hydrogens is 767 g/mol. The number of para-hydroxylation sites is 2. The van der Waals surface area contributed by atoms with Crippen molar-refractivity contribution in [3.05, 3.63) is 222 Å². The zero-order valence-electron chi connectivity index (χ0n) is 35.0. The van der Waals surface area contributed by atoms with E-state index in [0.29, 0.717) is 0 Å². The largest absolute Gasteiger partial charge is 0.309 e.